The third kappa shape index (κ3) is 2.59. The lowest BCUT2D eigenvalue weighted by Gasteiger charge is -2.12. The molecule has 2 aromatic rings. The van der Waals surface area contributed by atoms with Crippen LogP contribution in [0, 0.1) is 20.8 Å². The van der Waals surface area contributed by atoms with Gasteiger partial charge in [-0.05, 0) is 61.7 Å². The summed E-state index contributed by atoms with van der Waals surface area (Å²) >= 11 is 0. The molecule has 0 aliphatic heterocycles. The maximum atomic E-state index is 5.89. The van der Waals surface area contributed by atoms with E-state index < -0.39 is 0 Å². The smallest absolute Gasteiger partial charge is 0.0434 e. The van der Waals surface area contributed by atoms with E-state index in [1.165, 1.54) is 11.1 Å². The van der Waals surface area contributed by atoms with Crippen molar-refractivity contribution in [3.8, 4) is 0 Å². The highest BCUT2D eigenvalue weighted by Gasteiger charge is 2.02. The molecule has 88 valence electrons. The van der Waals surface area contributed by atoms with Gasteiger partial charge in [0.15, 0.2) is 0 Å². The molecule has 0 amide bonds. The van der Waals surface area contributed by atoms with E-state index in [1.807, 2.05) is 25.1 Å². The molecule has 0 heterocycles. The summed E-state index contributed by atoms with van der Waals surface area (Å²) in [6.45, 7) is 6.23. The Morgan fingerprint density at radius 1 is 0.941 bits per heavy atom. The topological polar surface area (TPSA) is 38.0 Å². The molecule has 17 heavy (non-hydrogen) atoms. The van der Waals surface area contributed by atoms with Crippen LogP contribution in [0.5, 0.6) is 0 Å². The van der Waals surface area contributed by atoms with Crippen LogP contribution in [-0.4, -0.2) is 0 Å². The second-order valence-electron chi connectivity index (χ2n) is 4.52. The van der Waals surface area contributed by atoms with Crippen LogP contribution in [-0.2, 0) is 0 Å². The van der Waals surface area contributed by atoms with Crippen molar-refractivity contribution in [3.63, 3.8) is 0 Å². The Bertz CT molecular complexity index is 524. The molecule has 0 bridgehead atoms. The number of hydrogen-bond acceptors (Lipinski definition) is 2. The fourth-order valence-electron chi connectivity index (χ4n) is 1.99. The molecule has 2 heteroatoms. The van der Waals surface area contributed by atoms with Crippen LogP contribution < -0.4 is 11.1 Å². The van der Waals surface area contributed by atoms with Gasteiger partial charge in [0.25, 0.3) is 0 Å². The zero-order valence-corrected chi connectivity index (χ0v) is 10.5. The van der Waals surface area contributed by atoms with E-state index in [0.717, 1.165) is 22.6 Å². The minimum Gasteiger partial charge on any atom is -0.398 e. The lowest BCUT2D eigenvalue weighted by molar-refractivity contribution is 1.36. The summed E-state index contributed by atoms with van der Waals surface area (Å²) in [7, 11) is 0. The molecule has 0 fully saturated rings. The second-order valence-corrected chi connectivity index (χ2v) is 4.52. The van der Waals surface area contributed by atoms with E-state index in [9.17, 15) is 0 Å². The van der Waals surface area contributed by atoms with Crippen molar-refractivity contribution in [1.29, 1.82) is 0 Å². The molecule has 0 saturated carbocycles. The predicted octanol–water partition coefficient (Wildman–Crippen LogP) is 3.94. The number of aryl methyl sites for hydroxylation is 2. The van der Waals surface area contributed by atoms with Crippen LogP contribution in [0.25, 0.3) is 0 Å². The Kier molecular flexibility index (Phi) is 3.05. The number of rotatable bonds is 2. The fraction of sp³-hybridized carbons (Fsp3) is 0.200. The minimum absolute atomic E-state index is 0.819. The summed E-state index contributed by atoms with van der Waals surface area (Å²) < 4.78 is 0. The molecular formula is C15H18N2. The summed E-state index contributed by atoms with van der Waals surface area (Å²) in [4.78, 5) is 0. The van der Waals surface area contributed by atoms with Crippen molar-refractivity contribution in [2.75, 3.05) is 11.1 Å². The van der Waals surface area contributed by atoms with Gasteiger partial charge in [-0.1, -0.05) is 12.1 Å². The normalized spacial score (nSPS) is 10.3. The lowest BCUT2D eigenvalue weighted by atomic mass is 10.1. The molecular weight excluding hydrogens is 208 g/mol. The minimum atomic E-state index is 0.819. The fourth-order valence-corrected chi connectivity index (χ4v) is 1.99. The van der Waals surface area contributed by atoms with E-state index >= 15 is 0 Å². The molecule has 0 unspecified atom stereocenters. The first kappa shape index (κ1) is 11.5. The van der Waals surface area contributed by atoms with E-state index in [-0.39, 0.29) is 0 Å². The van der Waals surface area contributed by atoms with Gasteiger partial charge in [-0.2, -0.15) is 0 Å². The highest BCUT2D eigenvalue weighted by Crippen LogP contribution is 2.25. The van der Waals surface area contributed by atoms with Crippen molar-refractivity contribution in [1.82, 2.24) is 0 Å². The lowest BCUT2D eigenvalue weighted by Crippen LogP contribution is -1.97. The van der Waals surface area contributed by atoms with Crippen LogP contribution in [0.15, 0.2) is 36.4 Å². The highest BCUT2D eigenvalue weighted by molar-refractivity contribution is 5.69. The summed E-state index contributed by atoms with van der Waals surface area (Å²) in [5.74, 6) is 0. The second kappa shape index (κ2) is 4.50. The molecule has 0 radical (unpaired) electrons. The van der Waals surface area contributed by atoms with Gasteiger partial charge in [0, 0.05) is 17.1 Å². The van der Waals surface area contributed by atoms with Gasteiger partial charge in [-0.3, -0.25) is 0 Å². The van der Waals surface area contributed by atoms with E-state index in [4.69, 9.17) is 5.73 Å². The largest absolute Gasteiger partial charge is 0.398 e. The third-order valence-corrected chi connectivity index (χ3v) is 2.88. The predicted molar refractivity (Wildman–Crippen MR) is 74.8 cm³/mol. The van der Waals surface area contributed by atoms with Gasteiger partial charge in [0.2, 0.25) is 0 Å². The monoisotopic (exact) mass is 226 g/mol. The number of nitrogens with two attached hydrogens (primary N) is 1. The molecule has 2 rings (SSSR count). The van der Waals surface area contributed by atoms with Crippen LogP contribution in [0.4, 0.5) is 17.1 Å². The molecule has 2 aromatic carbocycles. The Morgan fingerprint density at radius 2 is 1.59 bits per heavy atom. The Morgan fingerprint density at radius 3 is 2.24 bits per heavy atom. The first-order chi connectivity index (χ1) is 8.06. The average molecular weight is 226 g/mol. The SMILES string of the molecule is Cc1cc(C)cc(Nc2cccc(N)c2C)c1. The molecule has 0 aliphatic rings. The summed E-state index contributed by atoms with van der Waals surface area (Å²) in [5, 5.41) is 3.41. The molecule has 0 spiro atoms. The zero-order chi connectivity index (χ0) is 12.4. The van der Waals surface area contributed by atoms with Crippen molar-refractivity contribution >= 4 is 17.1 Å². The maximum absolute atomic E-state index is 5.89. The average Bonchev–Trinajstić information content (AvgIpc) is 2.23. The third-order valence-electron chi connectivity index (χ3n) is 2.88. The van der Waals surface area contributed by atoms with Gasteiger partial charge >= 0.3 is 0 Å². The Balaban J connectivity index is 2.34. The first-order valence-electron chi connectivity index (χ1n) is 5.76. The quantitative estimate of drug-likeness (QED) is 0.761. The first-order valence-corrected chi connectivity index (χ1v) is 5.76. The van der Waals surface area contributed by atoms with E-state index in [2.05, 4.69) is 37.4 Å². The molecule has 0 aliphatic carbocycles. The number of hydrogen-bond donors (Lipinski definition) is 2. The van der Waals surface area contributed by atoms with Crippen LogP contribution in [0.3, 0.4) is 0 Å². The Hall–Kier alpha value is -1.96. The highest BCUT2D eigenvalue weighted by atomic mass is 14.9. The zero-order valence-electron chi connectivity index (χ0n) is 10.5. The molecule has 0 saturated heterocycles. The summed E-state index contributed by atoms with van der Waals surface area (Å²) in [6, 6.07) is 12.4. The van der Waals surface area contributed by atoms with E-state index in [0.29, 0.717) is 0 Å². The van der Waals surface area contributed by atoms with Gasteiger partial charge in [0.05, 0.1) is 0 Å². The molecule has 0 aromatic heterocycles. The van der Waals surface area contributed by atoms with Crippen molar-refractivity contribution in [2.45, 2.75) is 20.8 Å². The number of anilines is 3. The van der Waals surface area contributed by atoms with Crippen molar-refractivity contribution in [3.05, 3.63) is 53.1 Å². The summed E-state index contributed by atoms with van der Waals surface area (Å²) in [6.07, 6.45) is 0. The van der Waals surface area contributed by atoms with Crippen molar-refractivity contribution < 1.29 is 0 Å². The van der Waals surface area contributed by atoms with Gasteiger partial charge in [-0.15, -0.1) is 0 Å². The van der Waals surface area contributed by atoms with Gasteiger partial charge < -0.3 is 11.1 Å². The van der Waals surface area contributed by atoms with Crippen LogP contribution >= 0.6 is 0 Å². The van der Waals surface area contributed by atoms with Gasteiger partial charge in [0.1, 0.15) is 0 Å². The Labute approximate surface area is 102 Å². The van der Waals surface area contributed by atoms with Crippen molar-refractivity contribution in [2.24, 2.45) is 0 Å². The number of nitrogens with one attached hydrogen (secondary N) is 1. The standard InChI is InChI=1S/C15H18N2/c1-10-7-11(2)9-13(8-10)17-15-6-4-5-14(16)12(15)3/h4-9,17H,16H2,1-3H3. The molecule has 2 nitrogen and oxygen atoms in total. The summed E-state index contributed by atoms with van der Waals surface area (Å²) in [5.41, 5.74) is 12.5. The number of benzene rings is 2. The maximum Gasteiger partial charge on any atom is 0.0434 e. The van der Waals surface area contributed by atoms with Crippen LogP contribution in [0.2, 0.25) is 0 Å². The van der Waals surface area contributed by atoms with Gasteiger partial charge in [-0.25, -0.2) is 0 Å². The van der Waals surface area contributed by atoms with Crippen LogP contribution in [0.1, 0.15) is 16.7 Å². The number of nitrogen functional groups attached to an aromatic ring is 1. The van der Waals surface area contributed by atoms with E-state index in [1.54, 1.807) is 0 Å². The molecule has 3 N–H and O–H groups in total. The molecule has 0 atom stereocenters.